The minimum Gasteiger partial charge on any atom is -0.481 e. The number of aliphatic carboxylic acids is 1. The van der Waals surface area contributed by atoms with E-state index in [9.17, 15) is 14.7 Å². The van der Waals surface area contributed by atoms with E-state index in [0.717, 1.165) is 37.7 Å². The first-order valence-electron chi connectivity index (χ1n) is 8.69. The highest BCUT2D eigenvalue weighted by Gasteiger charge is 2.53. The summed E-state index contributed by atoms with van der Waals surface area (Å²) in [7, 11) is 0. The molecule has 0 unspecified atom stereocenters. The normalized spacial score (nSPS) is 29.1. The number of likely N-dealkylation sites (tertiary alicyclic amines) is 1. The third kappa shape index (κ3) is 2.35. The summed E-state index contributed by atoms with van der Waals surface area (Å²) in [5.41, 5.74) is 0.695. The number of rotatable bonds is 4. The van der Waals surface area contributed by atoms with Gasteiger partial charge in [-0.05, 0) is 43.1 Å². The molecule has 1 aliphatic heterocycles. The summed E-state index contributed by atoms with van der Waals surface area (Å²) < 4.78 is 0. The fourth-order valence-corrected chi connectivity index (χ4v) is 4.47. The molecule has 4 rings (SSSR count). The van der Waals surface area contributed by atoms with Gasteiger partial charge in [-0.15, -0.1) is 0 Å². The first kappa shape index (κ1) is 14.7. The van der Waals surface area contributed by atoms with Gasteiger partial charge in [-0.2, -0.15) is 0 Å². The molecule has 122 valence electrons. The van der Waals surface area contributed by atoms with Crippen LogP contribution in [-0.2, 0) is 15.0 Å². The second-order valence-electron chi connectivity index (χ2n) is 7.46. The fraction of sp³-hybridized carbons (Fsp3) is 0.579. The summed E-state index contributed by atoms with van der Waals surface area (Å²) in [6.45, 7) is 1.03. The van der Waals surface area contributed by atoms with Crippen LogP contribution >= 0.6 is 0 Å². The SMILES string of the molecule is O=C(O)[C@H]1CN(C(=O)C2(c3ccccc3)CCC2)C[C@@H]1C1CC1. The molecule has 2 atom stereocenters. The number of carboxylic acids is 1. The summed E-state index contributed by atoms with van der Waals surface area (Å²) in [5, 5.41) is 9.51. The first-order chi connectivity index (χ1) is 11.1. The lowest BCUT2D eigenvalue weighted by atomic mass is 9.63. The van der Waals surface area contributed by atoms with Crippen LogP contribution in [0.25, 0.3) is 0 Å². The van der Waals surface area contributed by atoms with E-state index in [1.165, 1.54) is 0 Å². The van der Waals surface area contributed by atoms with Gasteiger partial charge in [-0.3, -0.25) is 9.59 Å². The van der Waals surface area contributed by atoms with E-state index in [0.29, 0.717) is 19.0 Å². The van der Waals surface area contributed by atoms with Crippen LogP contribution in [0.1, 0.15) is 37.7 Å². The van der Waals surface area contributed by atoms with Crippen molar-refractivity contribution < 1.29 is 14.7 Å². The van der Waals surface area contributed by atoms with E-state index in [-0.39, 0.29) is 17.7 Å². The highest BCUT2D eigenvalue weighted by atomic mass is 16.4. The lowest BCUT2D eigenvalue weighted by Crippen LogP contribution is -2.50. The molecule has 2 aliphatic carbocycles. The molecule has 23 heavy (non-hydrogen) atoms. The Kier molecular flexibility index (Phi) is 3.43. The number of carbonyl (C=O) groups excluding carboxylic acids is 1. The molecule has 0 spiro atoms. The number of benzene rings is 1. The van der Waals surface area contributed by atoms with Gasteiger partial charge in [0.05, 0.1) is 11.3 Å². The Balaban J connectivity index is 1.58. The number of carbonyl (C=O) groups is 2. The summed E-state index contributed by atoms with van der Waals surface area (Å²) >= 11 is 0. The zero-order chi connectivity index (χ0) is 16.0. The van der Waals surface area contributed by atoms with Crippen LogP contribution in [0.4, 0.5) is 0 Å². The first-order valence-corrected chi connectivity index (χ1v) is 8.69. The number of carboxylic acid groups (broad SMARTS) is 1. The summed E-state index contributed by atoms with van der Waals surface area (Å²) in [6, 6.07) is 10.0. The van der Waals surface area contributed by atoms with Gasteiger partial charge in [-0.25, -0.2) is 0 Å². The maximum atomic E-state index is 13.2. The van der Waals surface area contributed by atoms with E-state index < -0.39 is 11.4 Å². The standard InChI is InChI=1S/C19H23NO3/c21-17(22)16-12-20(11-15(16)13-7-8-13)18(23)19(9-4-10-19)14-5-2-1-3-6-14/h1-3,5-6,13,15-16H,4,7-12H2,(H,21,22)/t15-,16+/m1/s1. The molecular formula is C19H23NO3. The van der Waals surface area contributed by atoms with Crippen molar-refractivity contribution in [1.29, 1.82) is 0 Å². The quantitative estimate of drug-likeness (QED) is 0.930. The number of hydrogen-bond donors (Lipinski definition) is 1. The zero-order valence-electron chi connectivity index (χ0n) is 13.3. The second-order valence-corrected chi connectivity index (χ2v) is 7.46. The number of nitrogens with zero attached hydrogens (tertiary/aromatic N) is 1. The molecule has 3 aliphatic rings. The molecular weight excluding hydrogens is 290 g/mol. The minimum atomic E-state index is -0.737. The zero-order valence-corrected chi connectivity index (χ0v) is 13.3. The van der Waals surface area contributed by atoms with Crippen LogP contribution in [0.3, 0.4) is 0 Å². The van der Waals surface area contributed by atoms with E-state index in [4.69, 9.17) is 0 Å². The van der Waals surface area contributed by atoms with Crippen molar-refractivity contribution in [1.82, 2.24) is 4.90 Å². The second kappa shape index (κ2) is 5.36. The Morgan fingerprint density at radius 1 is 1.09 bits per heavy atom. The van der Waals surface area contributed by atoms with Crippen LogP contribution in [0.5, 0.6) is 0 Å². The fourth-order valence-electron chi connectivity index (χ4n) is 4.47. The van der Waals surface area contributed by atoms with Crippen molar-refractivity contribution in [3.8, 4) is 0 Å². The molecule has 0 radical (unpaired) electrons. The smallest absolute Gasteiger partial charge is 0.308 e. The monoisotopic (exact) mass is 313 g/mol. The lowest BCUT2D eigenvalue weighted by molar-refractivity contribution is -0.143. The van der Waals surface area contributed by atoms with Crippen molar-refractivity contribution in [3.05, 3.63) is 35.9 Å². The number of hydrogen-bond acceptors (Lipinski definition) is 2. The van der Waals surface area contributed by atoms with E-state index >= 15 is 0 Å². The summed E-state index contributed by atoms with van der Waals surface area (Å²) in [6.07, 6.45) is 5.10. The van der Waals surface area contributed by atoms with Gasteiger partial charge >= 0.3 is 5.97 Å². The van der Waals surface area contributed by atoms with Crippen LogP contribution in [0.15, 0.2) is 30.3 Å². The lowest BCUT2D eigenvalue weighted by Gasteiger charge is -2.43. The topological polar surface area (TPSA) is 57.6 Å². The van der Waals surface area contributed by atoms with E-state index in [1.54, 1.807) is 0 Å². The maximum Gasteiger partial charge on any atom is 0.308 e. The Bertz CT molecular complexity index is 619. The van der Waals surface area contributed by atoms with Crippen LogP contribution in [0.2, 0.25) is 0 Å². The predicted molar refractivity (Wildman–Crippen MR) is 85.9 cm³/mol. The molecule has 4 heteroatoms. The molecule has 1 saturated heterocycles. The Labute approximate surface area is 136 Å². The van der Waals surface area contributed by atoms with Gasteiger partial charge in [0.25, 0.3) is 0 Å². The molecule has 1 heterocycles. The highest BCUT2D eigenvalue weighted by Crippen LogP contribution is 2.48. The predicted octanol–water partition coefficient (Wildman–Crippen LogP) is 2.68. The van der Waals surface area contributed by atoms with Crippen LogP contribution in [0, 0.1) is 17.8 Å². The molecule has 4 nitrogen and oxygen atoms in total. The van der Waals surface area contributed by atoms with Gasteiger partial charge in [-0.1, -0.05) is 36.8 Å². The summed E-state index contributed by atoms with van der Waals surface area (Å²) in [4.78, 5) is 26.7. The third-order valence-corrected chi connectivity index (χ3v) is 6.14. The largest absolute Gasteiger partial charge is 0.481 e. The summed E-state index contributed by atoms with van der Waals surface area (Å²) in [5.74, 6) is -0.282. The van der Waals surface area contributed by atoms with Gasteiger partial charge in [0.1, 0.15) is 0 Å². The molecule has 1 amide bonds. The van der Waals surface area contributed by atoms with Crippen molar-refractivity contribution in [2.75, 3.05) is 13.1 Å². The molecule has 1 N–H and O–H groups in total. The van der Waals surface area contributed by atoms with Crippen molar-refractivity contribution in [2.45, 2.75) is 37.5 Å². The maximum absolute atomic E-state index is 13.2. The Morgan fingerprint density at radius 2 is 1.78 bits per heavy atom. The molecule has 3 fully saturated rings. The third-order valence-electron chi connectivity index (χ3n) is 6.14. The van der Waals surface area contributed by atoms with Crippen LogP contribution in [-0.4, -0.2) is 35.0 Å². The molecule has 0 bridgehead atoms. The minimum absolute atomic E-state index is 0.157. The Hall–Kier alpha value is -1.84. The van der Waals surface area contributed by atoms with Crippen molar-refractivity contribution >= 4 is 11.9 Å². The average molecular weight is 313 g/mol. The number of amides is 1. The molecule has 1 aromatic rings. The van der Waals surface area contributed by atoms with Gasteiger partial charge in [0.2, 0.25) is 5.91 Å². The average Bonchev–Trinajstić information content (AvgIpc) is 3.25. The molecule has 0 aromatic heterocycles. The molecule has 1 aromatic carbocycles. The Morgan fingerprint density at radius 3 is 2.30 bits per heavy atom. The van der Waals surface area contributed by atoms with Crippen molar-refractivity contribution in [3.63, 3.8) is 0 Å². The van der Waals surface area contributed by atoms with E-state index in [1.807, 2.05) is 35.2 Å². The van der Waals surface area contributed by atoms with Gasteiger partial charge in [0, 0.05) is 13.1 Å². The van der Waals surface area contributed by atoms with Crippen molar-refractivity contribution in [2.24, 2.45) is 17.8 Å². The van der Waals surface area contributed by atoms with Gasteiger partial charge < -0.3 is 10.0 Å². The van der Waals surface area contributed by atoms with E-state index in [2.05, 4.69) is 0 Å². The van der Waals surface area contributed by atoms with Crippen LogP contribution < -0.4 is 0 Å². The van der Waals surface area contributed by atoms with Gasteiger partial charge in [0.15, 0.2) is 0 Å². The molecule has 2 saturated carbocycles. The highest BCUT2D eigenvalue weighted by molar-refractivity contribution is 5.90.